The van der Waals surface area contributed by atoms with E-state index in [1.54, 1.807) is 48.5 Å². The number of halogens is 6. The first-order valence-corrected chi connectivity index (χ1v) is 12.1. The van der Waals surface area contributed by atoms with Crippen molar-refractivity contribution in [2.45, 2.75) is 57.5 Å². The number of aliphatic imine (C=N–C) groups is 1. The predicted octanol–water partition coefficient (Wildman–Crippen LogP) is 5.40. The molecule has 0 aromatic heterocycles. The first-order chi connectivity index (χ1) is 18.1. The van der Waals surface area contributed by atoms with Crippen LogP contribution in [0.25, 0.3) is 0 Å². The fourth-order valence-corrected chi connectivity index (χ4v) is 4.45. The zero-order chi connectivity index (χ0) is 29.0. The van der Waals surface area contributed by atoms with E-state index in [-0.39, 0.29) is 6.42 Å². The number of hydrogen-bond acceptors (Lipinski definition) is 4. The first kappa shape index (κ1) is 29.9. The predicted molar refractivity (Wildman–Crippen MR) is 129 cm³/mol. The lowest BCUT2D eigenvalue weighted by Gasteiger charge is -2.25. The second kappa shape index (κ2) is 12.0. The second-order valence-electron chi connectivity index (χ2n) is 9.42. The van der Waals surface area contributed by atoms with Crippen LogP contribution in [0.2, 0.25) is 0 Å². The Bertz CT molecular complexity index is 1240. The average molecular weight is 557 g/mol. The van der Waals surface area contributed by atoms with E-state index >= 15 is 0 Å². The van der Waals surface area contributed by atoms with Gasteiger partial charge in [-0.1, -0.05) is 48.0 Å². The number of Topliss-reactive ketones (excluding diaryl/α,β-unsaturated/α-hetero) is 1. The molecule has 1 heterocycles. The summed E-state index contributed by atoms with van der Waals surface area (Å²) in [5, 5.41) is 11.8. The fraction of sp³-hybridized carbons (Fsp3) is 0.407. The number of fused-ring (bicyclic) bond motifs is 1. The number of hydrogen-bond donors (Lipinski definition) is 2. The van der Waals surface area contributed by atoms with Crippen molar-refractivity contribution in [3.8, 4) is 0 Å². The van der Waals surface area contributed by atoms with Gasteiger partial charge in [-0.15, -0.1) is 0 Å². The maximum Gasteiger partial charge on any atom is 0.389 e. The maximum absolute atomic E-state index is 13.2. The van der Waals surface area contributed by atoms with E-state index < -0.39 is 73.7 Å². The molecule has 39 heavy (non-hydrogen) atoms. The monoisotopic (exact) mass is 556 g/mol. The molecule has 0 aliphatic carbocycles. The van der Waals surface area contributed by atoms with Crippen molar-refractivity contribution < 1.29 is 45.8 Å². The number of rotatable bonds is 9. The number of ketones is 1. The molecule has 12 heteroatoms. The van der Waals surface area contributed by atoms with Gasteiger partial charge < -0.3 is 10.4 Å². The van der Waals surface area contributed by atoms with Crippen LogP contribution < -0.4 is 5.32 Å². The van der Waals surface area contributed by atoms with Crippen LogP contribution in [0.15, 0.2) is 53.5 Å². The molecule has 6 nitrogen and oxygen atoms in total. The highest BCUT2D eigenvalue weighted by atomic mass is 19.4. The van der Waals surface area contributed by atoms with E-state index in [9.17, 15) is 45.8 Å². The van der Waals surface area contributed by atoms with Crippen LogP contribution in [-0.2, 0) is 20.8 Å². The SMILES string of the molecule is Cc1ccc2c(c1)C(c1ccccc1)=NC(NC(=O)[C@H](CCC(F)(F)F)[C@H](CCC(F)(F)F)C(=O)O)C(=O)C2. The van der Waals surface area contributed by atoms with Gasteiger partial charge in [0.15, 0.2) is 11.9 Å². The summed E-state index contributed by atoms with van der Waals surface area (Å²) in [4.78, 5) is 42.5. The molecule has 0 saturated carbocycles. The molecule has 0 bridgehead atoms. The number of carbonyl (C=O) groups is 3. The van der Waals surface area contributed by atoms with Crippen LogP contribution >= 0.6 is 0 Å². The molecule has 1 unspecified atom stereocenters. The van der Waals surface area contributed by atoms with Gasteiger partial charge in [-0.2, -0.15) is 26.3 Å². The molecule has 2 N–H and O–H groups in total. The lowest BCUT2D eigenvalue weighted by molar-refractivity contribution is -0.159. The van der Waals surface area contributed by atoms with Gasteiger partial charge in [0.1, 0.15) is 0 Å². The number of aryl methyl sites for hydroxylation is 1. The summed E-state index contributed by atoms with van der Waals surface area (Å²) in [6.45, 7) is 1.83. The van der Waals surface area contributed by atoms with Crippen LogP contribution in [0.1, 0.15) is 47.9 Å². The summed E-state index contributed by atoms with van der Waals surface area (Å²) < 4.78 is 77.4. The molecule has 0 fully saturated rings. The molecular weight excluding hydrogens is 530 g/mol. The maximum atomic E-state index is 13.2. The third-order valence-corrected chi connectivity index (χ3v) is 6.39. The fourth-order valence-electron chi connectivity index (χ4n) is 4.45. The molecule has 0 spiro atoms. The molecular formula is C27H26F6N2O4. The van der Waals surface area contributed by atoms with Crippen molar-refractivity contribution in [2.24, 2.45) is 16.8 Å². The third-order valence-electron chi connectivity index (χ3n) is 6.39. The van der Waals surface area contributed by atoms with E-state index in [0.29, 0.717) is 22.4 Å². The largest absolute Gasteiger partial charge is 0.481 e. The summed E-state index contributed by atoms with van der Waals surface area (Å²) in [5.41, 5.74) is 2.96. The van der Waals surface area contributed by atoms with Gasteiger partial charge >= 0.3 is 18.3 Å². The summed E-state index contributed by atoms with van der Waals surface area (Å²) in [6.07, 6.45) is -16.7. The number of aliphatic carboxylic acids is 1. The van der Waals surface area contributed by atoms with Crippen molar-refractivity contribution in [1.29, 1.82) is 0 Å². The number of carboxylic acid groups (broad SMARTS) is 1. The lowest BCUT2D eigenvalue weighted by atomic mass is 9.84. The van der Waals surface area contributed by atoms with E-state index in [2.05, 4.69) is 10.3 Å². The molecule has 3 atom stereocenters. The minimum atomic E-state index is -4.79. The number of amides is 1. The van der Waals surface area contributed by atoms with Crippen LogP contribution in [0.4, 0.5) is 26.3 Å². The molecule has 2 aromatic carbocycles. The number of carboxylic acids is 1. The summed E-state index contributed by atoms with van der Waals surface area (Å²) >= 11 is 0. The zero-order valence-corrected chi connectivity index (χ0v) is 20.8. The molecule has 2 aromatic rings. The van der Waals surface area contributed by atoms with Crippen molar-refractivity contribution >= 4 is 23.4 Å². The number of nitrogens with one attached hydrogen (secondary N) is 1. The Morgan fingerprint density at radius 1 is 0.974 bits per heavy atom. The van der Waals surface area contributed by atoms with Gasteiger partial charge in [0, 0.05) is 30.4 Å². The normalized spacial score (nSPS) is 17.5. The van der Waals surface area contributed by atoms with Crippen LogP contribution in [0.3, 0.4) is 0 Å². The smallest absolute Gasteiger partial charge is 0.389 e. The third kappa shape index (κ3) is 8.39. The molecule has 1 aliphatic heterocycles. The van der Waals surface area contributed by atoms with Gasteiger partial charge in [0.25, 0.3) is 0 Å². The van der Waals surface area contributed by atoms with E-state index in [1.165, 1.54) is 0 Å². The molecule has 1 aliphatic rings. The van der Waals surface area contributed by atoms with Crippen LogP contribution in [0, 0.1) is 18.8 Å². The van der Waals surface area contributed by atoms with Gasteiger partial charge in [-0.25, -0.2) is 0 Å². The van der Waals surface area contributed by atoms with Gasteiger partial charge in [-0.3, -0.25) is 19.4 Å². The van der Waals surface area contributed by atoms with Gasteiger partial charge in [0.05, 0.1) is 17.5 Å². The minimum Gasteiger partial charge on any atom is -0.481 e. The Morgan fingerprint density at radius 2 is 1.56 bits per heavy atom. The Kier molecular flexibility index (Phi) is 9.18. The molecule has 0 saturated heterocycles. The quantitative estimate of drug-likeness (QED) is 0.405. The standard InChI is InChI=1S/C27H26F6N2O4/c1-15-7-8-17-14-21(36)23(34-22(20(17)13-15)16-5-3-2-4-6-16)35-24(37)18(9-11-26(28,29)30)19(25(38)39)10-12-27(31,32)33/h2-8,13,18-19,23H,9-12,14H2,1H3,(H,35,37)(H,38,39)/t18-,19+,23?/m1/s1. The van der Waals surface area contributed by atoms with E-state index in [0.717, 1.165) is 5.56 Å². The molecule has 0 radical (unpaired) electrons. The van der Waals surface area contributed by atoms with Crippen molar-refractivity contribution in [2.75, 3.05) is 0 Å². The second-order valence-corrected chi connectivity index (χ2v) is 9.42. The molecule has 1 amide bonds. The highest BCUT2D eigenvalue weighted by molar-refractivity contribution is 6.16. The first-order valence-electron chi connectivity index (χ1n) is 12.1. The Balaban J connectivity index is 1.99. The van der Waals surface area contributed by atoms with Crippen molar-refractivity contribution in [3.05, 3.63) is 70.8 Å². The molecule has 210 valence electrons. The van der Waals surface area contributed by atoms with Crippen molar-refractivity contribution in [1.82, 2.24) is 5.32 Å². The number of benzene rings is 2. The van der Waals surface area contributed by atoms with Crippen molar-refractivity contribution in [3.63, 3.8) is 0 Å². The Labute approximate surface area is 220 Å². The topological polar surface area (TPSA) is 95.8 Å². The minimum absolute atomic E-state index is 0.190. The molecule has 3 rings (SSSR count). The van der Waals surface area contributed by atoms with Crippen LogP contribution in [-0.4, -0.2) is 47.0 Å². The number of alkyl halides is 6. The van der Waals surface area contributed by atoms with E-state index in [1.807, 2.05) is 6.92 Å². The summed E-state index contributed by atoms with van der Waals surface area (Å²) in [7, 11) is 0. The Hall–Kier alpha value is -3.70. The lowest BCUT2D eigenvalue weighted by Crippen LogP contribution is -2.46. The highest BCUT2D eigenvalue weighted by Crippen LogP contribution is 2.33. The average Bonchev–Trinajstić information content (AvgIpc) is 2.96. The summed E-state index contributed by atoms with van der Waals surface area (Å²) in [5.74, 6) is -7.79. The van der Waals surface area contributed by atoms with Gasteiger partial charge in [0.2, 0.25) is 5.91 Å². The number of carbonyl (C=O) groups excluding carboxylic acids is 2. The van der Waals surface area contributed by atoms with Crippen LogP contribution in [0.5, 0.6) is 0 Å². The Morgan fingerprint density at radius 3 is 2.13 bits per heavy atom. The summed E-state index contributed by atoms with van der Waals surface area (Å²) in [6, 6.07) is 13.9. The zero-order valence-electron chi connectivity index (χ0n) is 20.8. The van der Waals surface area contributed by atoms with E-state index in [4.69, 9.17) is 0 Å². The van der Waals surface area contributed by atoms with Gasteiger partial charge in [-0.05, 0) is 31.4 Å². The number of nitrogens with zero attached hydrogens (tertiary/aromatic N) is 1. The highest BCUT2D eigenvalue weighted by Gasteiger charge is 2.41.